The van der Waals surface area contributed by atoms with E-state index in [2.05, 4.69) is 6.92 Å². The molecule has 2 heterocycles. The standard InChI is InChI=1S/C13H24N2O2.ClH/c1-3-8(2)12(14)13(17)15-9-4-5-10(15)7-11(16)6-9;/h8-12,16H,3-7,14H2,1-2H3;1H. The van der Waals surface area contributed by atoms with Crippen LogP contribution in [-0.4, -0.2) is 40.1 Å². The summed E-state index contributed by atoms with van der Waals surface area (Å²) >= 11 is 0. The van der Waals surface area contributed by atoms with Gasteiger partial charge in [-0.2, -0.15) is 0 Å². The lowest BCUT2D eigenvalue weighted by molar-refractivity contribution is -0.140. The van der Waals surface area contributed by atoms with Gasteiger partial charge in [-0.05, 0) is 31.6 Å². The number of carbonyl (C=O) groups is 1. The monoisotopic (exact) mass is 276 g/mol. The maximum Gasteiger partial charge on any atom is 0.240 e. The van der Waals surface area contributed by atoms with Gasteiger partial charge in [-0.25, -0.2) is 0 Å². The molecule has 2 aliphatic heterocycles. The number of hydrogen-bond donors (Lipinski definition) is 2. The molecule has 106 valence electrons. The molecule has 2 bridgehead atoms. The zero-order valence-electron chi connectivity index (χ0n) is 11.2. The highest BCUT2D eigenvalue weighted by Gasteiger charge is 2.44. The van der Waals surface area contributed by atoms with Crippen molar-refractivity contribution >= 4 is 18.3 Å². The van der Waals surface area contributed by atoms with Crippen molar-refractivity contribution in [3.05, 3.63) is 0 Å². The fraction of sp³-hybridized carbons (Fsp3) is 0.923. The first-order chi connectivity index (χ1) is 8.04. The van der Waals surface area contributed by atoms with Crippen molar-refractivity contribution in [2.75, 3.05) is 0 Å². The van der Waals surface area contributed by atoms with E-state index in [0.717, 1.165) is 32.1 Å². The number of nitrogens with two attached hydrogens (primary N) is 1. The summed E-state index contributed by atoms with van der Waals surface area (Å²) in [4.78, 5) is 14.4. The van der Waals surface area contributed by atoms with Crippen molar-refractivity contribution < 1.29 is 9.90 Å². The van der Waals surface area contributed by atoms with E-state index in [1.54, 1.807) is 0 Å². The molecule has 2 rings (SSSR count). The summed E-state index contributed by atoms with van der Waals surface area (Å²) in [5.74, 6) is 0.326. The Morgan fingerprint density at radius 3 is 2.33 bits per heavy atom. The lowest BCUT2D eigenvalue weighted by Crippen LogP contribution is -2.55. The van der Waals surface area contributed by atoms with E-state index in [4.69, 9.17) is 5.73 Å². The third-order valence-electron chi connectivity index (χ3n) is 4.50. The normalized spacial score (nSPS) is 33.8. The third kappa shape index (κ3) is 2.81. The maximum absolute atomic E-state index is 12.4. The van der Waals surface area contributed by atoms with Gasteiger partial charge < -0.3 is 15.7 Å². The number of aliphatic hydroxyl groups excluding tert-OH is 1. The van der Waals surface area contributed by atoms with Gasteiger partial charge in [0.15, 0.2) is 0 Å². The predicted molar refractivity (Wildman–Crippen MR) is 73.6 cm³/mol. The molecule has 2 saturated heterocycles. The molecule has 4 atom stereocenters. The van der Waals surface area contributed by atoms with Crippen LogP contribution in [0.15, 0.2) is 0 Å². The molecule has 0 radical (unpaired) electrons. The zero-order valence-corrected chi connectivity index (χ0v) is 12.0. The van der Waals surface area contributed by atoms with E-state index >= 15 is 0 Å². The molecule has 0 aromatic heterocycles. The Bertz CT molecular complexity index is 287. The first-order valence-electron chi connectivity index (χ1n) is 6.80. The van der Waals surface area contributed by atoms with Crippen LogP contribution < -0.4 is 5.73 Å². The number of aliphatic hydroxyl groups is 1. The molecule has 0 aliphatic carbocycles. The second-order valence-corrected chi connectivity index (χ2v) is 5.67. The number of piperidine rings is 1. The molecular formula is C13H25ClN2O2. The van der Waals surface area contributed by atoms with Crippen molar-refractivity contribution in [3.63, 3.8) is 0 Å². The SMILES string of the molecule is CCC(C)C(N)C(=O)N1C2CCC1CC(O)C2.Cl. The molecule has 3 N–H and O–H groups in total. The summed E-state index contributed by atoms with van der Waals surface area (Å²) in [6.07, 6.45) is 4.22. The van der Waals surface area contributed by atoms with Gasteiger partial charge in [-0.3, -0.25) is 4.79 Å². The Hall–Kier alpha value is -0.320. The number of hydrogen-bond acceptors (Lipinski definition) is 3. The second-order valence-electron chi connectivity index (χ2n) is 5.67. The van der Waals surface area contributed by atoms with Crippen LogP contribution in [0.4, 0.5) is 0 Å². The number of halogens is 1. The van der Waals surface area contributed by atoms with Gasteiger partial charge in [0, 0.05) is 12.1 Å². The van der Waals surface area contributed by atoms with Crippen LogP contribution in [0, 0.1) is 5.92 Å². The van der Waals surface area contributed by atoms with Gasteiger partial charge in [0.05, 0.1) is 12.1 Å². The minimum atomic E-state index is -0.377. The van der Waals surface area contributed by atoms with Crippen molar-refractivity contribution in [1.29, 1.82) is 0 Å². The minimum absolute atomic E-state index is 0. The van der Waals surface area contributed by atoms with E-state index in [-0.39, 0.29) is 48.5 Å². The molecule has 4 nitrogen and oxygen atoms in total. The fourth-order valence-corrected chi connectivity index (χ4v) is 3.18. The number of carbonyl (C=O) groups excluding carboxylic acids is 1. The largest absolute Gasteiger partial charge is 0.393 e. The van der Waals surface area contributed by atoms with Crippen LogP contribution in [0.3, 0.4) is 0 Å². The van der Waals surface area contributed by atoms with Gasteiger partial charge in [-0.1, -0.05) is 20.3 Å². The molecule has 5 heteroatoms. The average Bonchev–Trinajstić information content (AvgIpc) is 2.58. The molecule has 4 unspecified atom stereocenters. The van der Waals surface area contributed by atoms with Crippen molar-refractivity contribution in [1.82, 2.24) is 4.90 Å². The second kappa shape index (κ2) is 6.22. The van der Waals surface area contributed by atoms with Crippen LogP contribution in [0.1, 0.15) is 46.0 Å². The Balaban J connectivity index is 0.00000162. The van der Waals surface area contributed by atoms with E-state index in [1.807, 2.05) is 11.8 Å². The Morgan fingerprint density at radius 2 is 1.89 bits per heavy atom. The van der Waals surface area contributed by atoms with Gasteiger partial charge >= 0.3 is 0 Å². The van der Waals surface area contributed by atoms with Crippen LogP contribution in [0.5, 0.6) is 0 Å². The highest BCUT2D eigenvalue weighted by Crippen LogP contribution is 2.36. The smallest absolute Gasteiger partial charge is 0.240 e. The van der Waals surface area contributed by atoms with E-state index in [9.17, 15) is 9.90 Å². The van der Waals surface area contributed by atoms with Gasteiger partial charge in [0.25, 0.3) is 0 Å². The highest BCUT2D eigenvalue weighted by atomic mass is 35.5. The summed E-state index contributed by atoms with van der Waals surface area (Å²) in [6, 6.07) is 0.0797. The summed E-state index contributed by atoms with van der Waals surface area (Å²) in [5.41, 5.74) is 6.04. The number of rotatable bonds is 3. The Kier molecular flexibility index (Phi) is 5.44. The third-order valence-corrected chi connectivity index (χ3v) is 4.50. The van der Waals surface area contributed by atoms with Crippen molar-refractivity contribution in [3.8, 4) is 0 Å². The first kappa shape index (κ1) is 15.7. The lowest BCUT2D eigenvalue weighted by atomic mass is 9.94. The number of amides is 1. The van der Waals surface area contributed by atoms with Crippen molar-refractivity contribution in [2.24, 2.45) is 11.7 Å². The van der Waals surface area contributed by atoms with Crippen molar-refractivity contribution in [2.45, 2.75) is 70.2 Å². The summed E-state index contributed by atoms with van der Waals surface area (Å²) in [6.45, 7) is 4.09. The highest BCUT2D eigenvalue weighted by molar-refractivity contribution is 5.85. The quantitative estimate of drug-likeness (QED) is 0.816. The van der Waals surface area contributed by atoms with Gasteiger partial charge in [-0.15, -0.1) is 12.4 Å². The molecule has 1 amide bonds. The molecule has 2 aliphatic rings. The maximum atomic E-state index is 12.4. The van der Waals surface area contributed by atoms with E-state index in [1.165, 1.54) is 0 Å². The minimum Gasteiger partial charge on any atom is -0.393 e. The first-order valence-corrected chi connectivity index (χ1v) is 6.80. The van der Waals surface area contributed by atoms with E-state index < -0.39 is 0 Å². The van der Waals surface area contributed by atoms with E-state index in [0.29, 0.717) is 0 Å². The molecular weight excluding hydrogens is 252 g/mol. The summed E-state index contributed by atoms with van der Waals surface area (Å²) in [7, 11) is 0. The molecule has 0 aromatic rings. The topological polar surface area (TPSA) is 66.6 Å². The Labute approximate surface area is 115 Å². The van der Waals surface area contributed by atoms with Crippen LogP contribution >= 0.6 is 12.4 Å². The van der Waals surface area contributed by atoms with Crippen LogP contribution in [0.2, 0.25) is 0 Å². The van der Waals surface area contributed by atoms with Gasteiger partial charge in [0.2, 0.25) is 5.91 Å². The summed E-state index contributed by atoms with van der Waals surface area (Å²) in [5, 5.41) is 9.71. The molecule has 0 spiro atoms. The number of nitrogens with zero attached hydrogens (tertiary/aromatic N) is 1. The molecule has 0 aromatic carbocycles. The predicted octanol–water partition coefficient (Wildman–Crippen LogP) is 1.30. The molecule has 18 heavy (non-hydrogen) atoms. The molecule has 2 fully saturated rings. The van der Waals surface area contributed by atoms with Crippen LogP contribution in [-0.2, 0) is 4.79 Å². The Morgan fingerprint density at radius 1 is 1.39 bits per heavy atom. The molecule has 0 saturated carbocycles. The summed E-state index contributed by atoms with van der Waals surface area (Å²) < 4.78 is 0. The number of fused-ring (bicyclic) bond motifs is 2. The average molecular weight is 277 g/mol. The van der Waals surface area contributed by atoms with Gasteiger partial charge in [0.1, 0.15) is 0 Å². The fourth-order valence-electron chi connectivity index (χ4n) is 3.18. The zero-order chi connectivity index (χ0) is 12.6. The van der Waals surface area contributed by atoms with Crippen LogP contribution in [0.25, 0.3) is 0 Å². The lowest BCUT2D eigenvalue weighted by Gasteiger charge is -2.39.